The Kier molecular flexibility index (Phi) is 8.72. The molecule has 0 saturated carbocycles. The van der Waals surface area contributed by atoms with Crippen LogP contribution in [0.5, 0.6) is 0 Å². The van der Waals surface area contributed by atoms with Crippen LogP contribution in [0.2, 0.25) is 0 Å². The van der Waals surface area contributed by atoms with E-state index in [1.54, 1.807) is 21.7 Å². The molecule has 1 aliphatic heterocycles. The van der Waals surface area contributed by atoms with Crippen molar-refractivity contribution in [1.82, 2.24) is 14.7 Å². The highest BCUT2D eigenvalue weighted by atomic mass is 33.1. The van der Waals surface area contributed by atoms with Gasteiger partial charge in [-0.25, -0.2) is 9.48 Å². The molecule has 0 bridgehead atoms. The predicted octanol–water partition coefficient (Wildman–Crippen LogP) is 5.78. The number of carbonyl (C=O) groups excluding carboxylic acids is 3. The van der Waals surface area contributed by atoms with Gasteiger partial charge in [0.1, 0.15) is 12.1 Å². The molecule has 202 valence electrons. The third-order valence-corrected chi connectivity index (χ3v) is 9.51. The number of nitrogens with zero attached hydrogens (tertiary/aromatic N) is 3. The van der Waals surface area contributed by atoms with Gasteiger partial charge in [-0.05, 0) is 54.3 Å². The molecule has 10 heteroatoms. The highest BCUT2D eigenvalue weighted by molar-refractivity contribution is 8.82. The van der Waals surface area contributed by atoms with Crippen LogP contribution < -0.4 is 5.73 Å². The van der Waals surface area contributed by atoms with Crippen molar-refractivity contribution < 1.29 is 19.1 Å². The molecular formula is C28H34N4O4S2. The van der Waals surface area contributed by atoms with E-state index in [0.29, 0.717) is 24.2 Å². The number of hydrogen-bond donors (Lipinski definition) is 1. The number of rotatable bonds is 7. The van der Waals surface area contributed by atoms with Crippen LogP contribution in [0.1, 0.15) is 62.4 Å². The van der Waals surface area contributed by atoms with Crippen molar-refractivity contribution in [3.63, 3.8) is 0 Å². The molecule has 2 aromatic carbocycles. The van der Waals surface area contributed by atoms with E-state index in [1.165, 1.54) is 21.6 Å². The Hall–Kier alpha value is -2.98. The van der Waals surface area contributed by atoms with Crippen LogP contribution in [0.25, 0.3) is 16.6 Å². The molecule has 8 nitrogen and oxygen atoms in total. The number of hydrogen-bond acceptors (Lipinski definition) is 7. The minimum Gasteiger partial charge on any atom is -0.448 e. The fourth-order valence-corrected chi connectivity index (χ4v) is 6.55. The number of piperidine rings is 1. The minimum atomic E-state index is -0.501. The summed E-state index contributed by atoms with van der Waals surface area (Å²) in [6, 6.07) is 13.5. The number of amides is 2. The molecule has 38 heavy (non-hydrogen) atoms. The van der Waals surface area contributed by atoms with Gasteiger partial charge in [0.2, 0.25) is 5.12 Å². The fraction of sp³-hybridized carbons (Fsp3) is 0.429. The first-order valence-corrected chi connectivity index (χ1v) is 14.9. The quantitative estimate of drug-likeness (QED) is 0.369. The molecule has 1 fully saturated rings. The summed E-state index contributed by atoms with van der Waals surface area (Å²) in [6.07, 6.45) is 3.47. The molecule has 1 saturated heterocycles. The van der Waals surface area contributed by atoms with Gasteiger partial charge in [-0.3, -0.25) is 9.59 Å². The van der Waals surface area contributed by atoms with E-state index in [-0.39, 0.29) is 29.0 Å². The average Bonchev–Trinajstić information content (AvgIpc) is 3.34. The van der Waals surface area contributed by atoms with E-state index >= 15 is 0 Å². The van der Waals surface area contributed by atoms with Crippen molar-refractivity contribution in [3.8, 4) is 5.69 Å². The largest absolute Gasteiger partial charge is 0.448 e. The lowest BCUT2D eigenvalue weighted by Crippen LogP contribution is -2.40. The van der Waals surface area contributed by atoms with Gasteiger partial charge in [0.25, 0.3) is 5.91 Å². The molecule has 0 spiro atoms. The van der Waals surface area contributed by atoms with Crippen molar-refractivity contribution in [2.24, 2.45) is 11.1 Å². The third-order valence-electron chi connectivity index (χ3n) is 6.45. The number of ether oxygens (including phenoxy) is 1. The van der Waals surface area contributed by atoms with E-state index in [0.717, 1.165) is 29.5 Å². The van der Waals surface area contributed by atoms with Crippen LogP contribution in [0.15, 0.2) is 48.7 Å². The summed E-state index contributed by atoms with van der Waals surface area (Å²) in [6.45, 7) is 9.19. The van der Waals surface area contributed by atoms with Gasteiger partial charge in [-0.2, -0.15) is 5.10 Å². The summed E-state index contributed by atoms with van der Waals surface area (Å²) in [5.74, 6) is -0.283. The Labute approximate surface area is 231 Å². The maximum atomic E-state index is 12.8. The number of primary amides is 1. The van der Waals surface area contributed by atoms with Crippen molar-refractivity contribution in [3.05, 3.63) is 59.8 Å². The zero-order valence-electron chi connectivity index (χ0n) is 22.2. The van der Waals surface area contributed by atoms with Gasteiger partial charge < -0.3 is 15.4 Å². The monoisotopic (exact) mass is 554 g/mol. The molecule has 2 heterocycles. The second-order valence-corrected chi connectivity index (χ2v) is 13.3. The molecule has 0 radical (unpaired) electrons. The normalized spacial score (nSPS) is 16.8. The first-order valence-electron chi connectivity index (χ1n) is 12.7. The van der Waals surface area contributed by atoms with Crippen molar-refractivity contribution in [2.75, 3.05) is 19.7 Å². The van der Waals surface area contributed by atoms with Gasteiger partial charge in [0.05, 0.1) is 11.3 Å². The standard InChI is InChI=1S/C28H34N4O4S2/c1-18(37-38-26(34)28(2,3)4)17-36-27(35)31-14-6-8-20(15-31)19-10-12-22(13-11-19)32-16-21-7-5-9-23(25(29)33)24(21)30-32/h5,7,9-13,16,18,20H,6,8,14-15,17H2,1-4H3,(H2,29,33)/t18-,20-/m1/s1. The van der Waals surface area contributed by atoms with Crippen molar-refractivity contribution in [1.29, 1.82) is 0 Å². The maximum Gasteiger partial charge on any atom is 0.409 e. The summed E-state index contributed by atoms with van der Waals surface area (Å²) < 4.78 is 7.32. The van der Waals surface area contributed by atoms with Crippen LogP contribution in [-0.2, 0) is 9.53 Å². The van der Waals surface area contributed by atoms with E-state index < -0.39 is 11.3 Å². The van der Waals surface area contributed by atoms with Gasteiger partial charge in [-0.1, -0.05) is 55.8 Å². The van der Waals surface area contributed by atoms with Gasteiger partial charge in [0.15, 0.2) is 0 Å². The first kappa shape index (κ1) is 28.0. The van der Waals surface area contributed by atoms with Crippen LogP contribution in [0.3, 0.4) is 0 Å². The lowest BCUT2D eigenvalue weighted by Gasteiger charge is -2.32. The van der Waals surface area contributed by atoms with Crippen LogP contribution >= 0.6 is 21.6 Å². The number of benzene rings is 2. The molecular weight excluding hydrogens is 520 g/mol. The van der Waals surface area contributed by atoms with Crippen molar-refractivity contribution >= 4 is 49.6 Å². The molecule has 1 aliphatic rings. The fourth-order valence-electron chi connectivity index (χ4n) is 4.25. The molecule has 0 aliphatic carbocycles. The number of nitrogens with two attached hydrogens (primary N) is 1. The molecule has 2 amide bonds. The van der Waals surface area contributed by atoms with Gasteiger partial charge >= 0.3 is 6.09 Å². The number of aromatic nitrogens is 2. The minimum absolute atomic E-state index is 0.0152. The second-order valence-electron chi connectivity index (χ2n) is 10.7. The Morgan fingerprint density at radius 3 is 2.58 bits per heavy atom. The number of carbonyl (C=O) groups is 3. The topological polar surface area (TPSA) is 108 Å². The van der Waals surface area contributed by atoms with Crippen LogP contribution in [0, 0.1) is 5.41 Å². The molecule has 0 unspecified atom stereocenters. The predicted molar refractivity (Wildman–Crippen MR) is 154 cm³/mol. The second kappa shape index (κ2) is 11.8. The lowest BCUT2D eigenvalue weighted by atomic mass is 9.91. The third kappa shape index (κ3) is 6.71. The Bertz CT molecular complexity index is 1320. The zero-order chi connectivity index (χ0) is 27.4. The van der Waals surface area contributed by atoms with Gasteiger partial charge in [-0.15, -0.1) is 0 Å². The SMILES string of the molecule is C[C@H](COC(=O)N1CCC[C@@H](c2ccc(-n3cc4cccc(C(N)=O)c4n3)cc2)C1)SSC(=O)C(C)(C)C. The van der Waals surface area contributed by atoms with Crippen LogP contribution in [0.4, 0.5) is 4.79 Å². The maximum absolute atomic E-state index is 12.8. The average molecular weight is 555 g/mol. The van der Waals surface area contributed by atoms with Gasteiger partial charge in [0, 0.05) is 41.3 Å². The summed E-state index contributed by atoms with van der Waals surface area (Å²) >= 11 is 0. The summed E-state index contributed by atoms with van der Waals surface area (Å²) in [7, 11) is 2.67. The van der Waals surface area contributed by atoms with Crippen LogP contribution in [-0.4, -0.2) is 56.7 Å². The molecule has 2 atom stereocenters. The molecule has 3 aromatic rings. The highest BCUT2D eigenvalue weighted by Gasteiger charge is 2.27. The number of fused-ring (bicyclic) bond motifs is 1. The first-order chi connectivity index (χ1) is 18.0. The van der Waals surface area contributed by atoms with E-state index in [2.05, 4.69) is 17.2 Å². The smallest absolute Gasteiger partial charge is 0.409 e. The summed E-state index contributed by atoms with van der Waals surface area (Å²) in [5, 5.41) is 5.55. The summed E-state index contributed by atoms with van der Waals surface area (Å²) in [4.78, 5) is 38.4. The molecule has 4 rings (SSSR count). The Balaban J connectivity index is 1.34. The Morgan fingerprint density at radius 2 is 1.89 bits per heavy atom. The van der Waals surface area contributed by atoms with E-state index in [9.17, 15) is 14.4 Å². The highest BCUT2D eigenvalue weighted by Crippen LogP contribution is 2.34. The Morgan fingerprint density at radius 1 is 1.16 bits per heavy atom. The number of likely N-dealkylation sites (tertiary alicyclic amines) is 1. The van der Waals surface area contributed by atoms with E-state index in [1.807, 2.05) is 52.1 Å². The summed E-state index contributed by atoms with van der Waals surface area (Å²) in [5.41, 5.74) is 8.11. The zero-order valence-corrected chi connectivity index (χ0v) is 23.8. The van der Waals surface area contributed by atoms with E-state index in [4.69, 9.17) is 10.5 Å². The van der Waals surface area contributed by atoms with Crippen molar-refractivity contribution in [2.45, 2.75) is 51.7 Å². The molecule has 2 N–H and O–H groups in total. The lowest BCUT2D eigenvalue weighted by molar-refractivity contribution is -0.117. The molecule has 1 aromatic heterocycles.